The summed E-state index contributed by atoms with van der Waals surface area (Å²) in [6, 6.07) is 16.9. The Hall–Kier alpha value is -3.22. The zero-order valence-corrected chi connectivity index (χ0v) is 17.9. The van der Waals surface area contributed by atoms with Gasteiger partial charge in [0.05, 0.1) is 5.69 Å². The summed E-state index contributed by atoms with van der Waals surface area (Å²) >= 11 is 11.5. The summed E-state index contributed by atoms with van der Waals surface area (Å²) in [6.45, 7) is 3.81. The average molecular weight is 436 g/mol. The molecule has 1 aliphatic rings. The fraction of sp³-hybridized carbons (Fsp3) is 0.0870. The van der Waals surface area contributed by atoms with E-state index in [0.717, 1.165) is 11.3 Å². The van der Waals surface area contributed by atoms with Crippen molar-refractivity contribution in [2.75, 3.05) is 4.90 Å². The van der Waals surface area contributed by atoms with Crippen molar-refractivity contribution < 1.29 is 9.59 Å². The van der Waals surface area contributed by atoms with Crippen molar-refractivity contribution in [3.8, 4) is 5.69 Å². The van der Waals surface area contributed by atoms with E-state index >= 15 is 0 Å². The lowest BCUT2D eigenvalue weighted by Crippen LogP contribution is -2.54. The Balaban J connectivity index is 1.78. The van der Waals surface area contributed by atoms with Crippen molar-refractivity contribution in [2.24, 2.45) is 0 Å². The number of rotatable bonds is 3. The van der Waals surface area contributed by atoms with Gasteiger partial charge >= 0.3 is 0 Å². The van der Waals surface area contributed by atoms with Gasteiger partial charge in [-0.05, 0) is 79.7 Å². The Labute approximate surface area is 184 Å². The van der Waals surface area contributed by atoms with Crippen LogP contribution in [0.1, 0.15) is 16.8 Å². The number of carbonyl (C=O) groups is 2. The highest BCUT2D eigenvalue weighted by molar-refractivity contribution is 7.80. The van der Waals surface area contributed by atoms with Crippen LogP contribution in [0.25, 0.3) is 11.8 Å². The van der Waals surface area contributed by atoms with E-state index in [1.54, 1.807) is 31.2 Å². The molecule has 4 rings (SSSR count). The van der Waals surface area contributed by atoms with E-state index in [2.05, 4.69) is 5.32 Å². The number of amides is 2. The molecule has 150 valence electrons. The second kappa shape index (κ2) is 7.89. The van der Waals surface area contributed by atoms with Crippen LogP contribution in [0.2, 0.25) is 5.02 Å². The second-order valence-corrected chi connectivity index (χ2v) is 7.78. The molecule has 0 aliphatic carbocycles. The van der Waals surface area contributed by atoms with Crippen molar-refractivity contribution >= 4 is 52.5 Å². The van der Waals surface area contributed by atoms with E-state index < -0.39 is 11.8 Å². The van der Waals surface area contributed by atoms with Crippen LogP contribution in [-0.4, -0.2) is 21.5 Å². The first-order valence-electron chi connectivity index (χ1n) is 9.28. The number of anilines is 1. The molecular formula is C23H18ClN3O2S. The van der Waals surface area contributed by atoms with Gasteiger partial charge in [-0.25, -0.2) is 0 Å². The predicted molar refractivity (Wildman–Crippen MR) is 123 cm³/mol. The maximum Gasteiger partial charge on any atom is 0.270 e. The van der Waals surface area contributed by atoms with Crippen LogP contribution in [-0.2, 0) is 9.59 Å². The number of carbonyl (C=O) groups excluding carboxylic acids is 2. The summed E-state index contributed by atoms with van der Waals surface area (Å²) in [4.78, 5) is 27.2. The summed E-state index contributed by atoms with van der Waals surface area (Å²) in [5.74, 6) is -1.02. The smallest absolute Gasteiger partial charge is 0.270 e. The van der Waals surface area contributed by atoms with Gasteiger partial charge in [-0.1, -0.05) is 29.8 Å². The Kier molecular flexibility index (Phi) is 5.28. The minimum Gasteiger partial charge on any atom is -0.317 e. The standard InChI is InChI=1S/C23H18ClN3O2S/c1-14-6-3-7-16(12-14)26-11-5-8-17(26)13-18-21(28)25-23(30)27(22(18)29)20-10-4-9-19(24)15(20)2/h3-13H,1-2H3,(H,25,28,30)/b18-13+. The summed E-state index contributed by atoms with van der Waals surface area (Å²) in [7, 11) is 0. The summed E-state index contributed by atoms with van der Waals surface area (Å²) in [5.41, 5.74) is 3.99. The molecule has 1 aliphatic heterocycles. The minimum atomic E-state index is -0.530. The van der Waals surface area contributed by atoms with Gasteiger partial charge in [-0.15, -0.1) is 0 Å². The first-order valence-corrected chi connectivity index (χ1v) is 10.1. The zero-order valence-electron chi connectivity index (χ0n) is 16.3. The van der Waals surface area contributed by atoms with E-state index in [-0.39, 0.29) is 10.7 Å². The van der Waals surface area contributed by atoms with E-state index in [1.165, 1.54) is 4.90 Å². The maximum atomic E-state index is 13.3. The molecule has 7 heteroatoms. The fourth-order valence-corrected chi connectivity index (χ4v) is 3.83. The number of nitrogens with zero attached hydrogens (tertiary/aromatic N) is 2. The van der Waals surface area contributed by atoms with Gasteiger partial charge in [-0.3, -0.25) is 19.8 Å². The number of nitrogens with one attached hydrogen (secondary N) is 1. The van der Waals surface area contributed by atoms with Crippen LogP contribution in [0, 0.1) is 13.8 Å². The highest BCUT2D eigenvalue weighted by atomic mass is 35.5. The molecule has 1 N–H and O–H groups in total. The topological polar surface area (TPSA) is 54.3 Å². The highest BCUT2D eigenvalue weighted by Crippen LogP contribution is 2.29. The molecule has 2 aromatic carbocycles. The zero-order chi connectivity index (χ0) is 21.4. The van der Waals surface area contributed by atoms with Gasteiger partial charge in [0.15, 0.2) is 5.11 Å². The Bertz CT molecular complexity index is 1230. The molecule has 1 saturated heterocycles. The van der Waals surface area contributed by atoms with E-state index in [4.69, 9.17) is 23.8 Å². The SMILES string of the molecule is Cc1cccc(-n2cccc2/C=C2\C(=O)NC(=S)N(c3cccc(Cl)c3C)C2=O)c1. The number of aryl methyl sites for hydroxylation is 1. The van der Waals surface area contributed by atoms with Gasteiger partial charge in [0.2, 0.25) is 0 Å². The van der Waals surface area contributed by atoms with Gasteiger partial charge in [0.25, 0.3) is 11.8 Å². The first kappa shape index (κ1) is 20.1. The maximum absolute atomic E-state index is 13.3. The number of aromatic nitrogens is 1. The molecule has 0 unspecified atom stereocenters. The van der Waals surface area contributed by atoms with Crippen molar-refractivity contribution in [3.05, 3.63) is 88.2 Å². The molecular weight excluding hydrogens is 418 g/mol. The van der Waals surface area contributed by atoms with Crippen LogP contribution >= 0.6 is 23.8 Å². The van der Waals surface area contributed by atoms with Crippen LogP contribution < -0.4 is 10.2 Å². The van der Waals surface area contributed by atoms with Gasteiger partial charge in [-0.2, -0.15) is 0 Å². The molecule has 0 bridgehead atoms. The van der Waals surface area contributed by atoms with Gasteiger partial charge < -0.3 is 4.57 Å². The number of thiocarbonyl (C=S) groups is 1. The van der Waals surface area contributed by atoms with Crippen LogP contribution in [0.5, 0.6) is 0 Å². The quantitative estimate of drug-likeness (QED) is 0.372. The van der Waals surface area contributed by atoms with E-state index in [9.17, 15) is 9.59 Å². The van der Waals surface area contributed by atoms with E-state index in [1.807, 2.05) is 54.1 Å². The summed E-state index contributed by atoms with van der Waals surface area (Å²) in [5, 5.41) is 3.15. The Morgan fingerprint density at radius 3 is 2.57 bits per heavy atom. The lowest BCUT2D eigenvalue weighted by molar-refractivity contribution is -0.122. The van der Waals surface area contributed by atoms with E-state index in [0.29, 0.717) is 22.0 Å². The van der Waals surface area contributed by atoms with Crippen molar-refractivity contribution in [1.29, 1.82) is 0 Å². The molecule has 0 saturated carbocycles. The average Bonchev–Trinajstić information content (AvgIpc) is 3.16. The lowest BCUT2D eigenvalue weighted by atomic mass is 10.1. The monoisotopic (exact) mass is 435 g/mol. The molecule has 0 radical (unpaired) electrons. The normalized spacial score (nSPS) is 15.6. The van der Waals surface area contributed by atoms with Crippen LogP contribution in [0.15, 0.2) is 66.4 Å². The molecule has 1 fully saturated rings. The second-order valence-electron chi connectivity index (χ2n) is 6.98. The molecule has 2 heterocycles. The highest BCUT2D eigenvalue weighted by Gasteiger charge is 2.35. The predicted octanol–water partition coefficient (Wildman–Crippen LogP) is 4.58. The number of hydrogen-bond donors (Lipinski definition) is 1. The molecule has 1 aromatic heterocycles. The number of benzene rings is 2. The summed E-state index contributed by atoms with van der Waals surface area (Å²) < 4.78 is 1.92. The third-order valence-corrected chi connectivity index (χ3v) is 5.63. The Morgan fingerprint density at radius 1 is 1.03 bits per heavy atom. The first-order chi connectivity index (χ1) is 14.4. The number of halogens is 1. The number of hydrogen-bond acceptors (Lipinski definition) is 3. The molecule has 3 aromatic rings. The third-order valence-electron chi connectivity index (χ3n) is 4.93. The van der Waals surface area contributed by atoms with Crippen LogP contribution in [0.3, 0.4) is 0 Å². The van der Waals surface area contributed by atoms with Crippen molar-refractivity contribution in [1.82, 2.24) is 9.88 Å². The lowest BCUT2D eigenvalue weighted by Gasteiger charge is -2.30. The van der Waals surface area contributed by atoms with Crippen molar-refractivity contribution in [2.45, 2.75) is 13.8 Å². The largest absolute Gasteiger partial charge is 0.317 e. The van der Waals surface area contributed by atoms with Crippen LogP contribution in [0.4, 0.5) is 5.69 Å². The summed E-state index contributed by atoms with van der Waals surface area (Å²) in [6.07, 6.45) is 3.46. The third kappa shape index (κ3) is 3.56. The Morgan fingerprint density at radius 2 is 1.80 bits per heavy atom. The van der Waals surface area contributed by atoms with Gasteiger partial charge in [0.1, 0.15) is 5.57 Å². The molecule has 0 atom stereocenters. The minimum absolute atomic E-state index is 0.00409. The van der Waals surface area contributed by atoms with Crippen molar-refractivity contribution in [3.63, 3.8) is 0 Å². The molecule has 0 spiro atoms. The molecule has 5 nitrogen and oxygen atoms in total. The fourth-order valence-electron chi connectivity index (χ4n) is 3.39. The molecule has 30 heavy (non-hydrogen) atoms. The molecule has 2 amide bonds. The van der Waals surface area contributed by atoms with Gasteiger partial charge in [0, 0.05) is 22.6 Å².